The Balaban J connectivity index is 1.55. The molecule has 0 amide bonds. The SMILES string of the molecule is CCC[C@H]1CC[C@H](CCc2ccc(C(=O)Oc3ccc(C#N)c(F)c3)c(F)c2)CC1. The van der Waals surface area contributed by atoms with Crippen molar-refractivity contribution in [1.82, 2.24) is 0 Å². The van der Waals surface area contributed by atoms with Gasteiger partial charge in [0.15, 0.2) is 0 Å². The molecule has 5 heteroatoms. The van der Waals surface area contributed by atoms with Gasteiger partial charge in [-0.25, -0.2) is 13.6 Å². The van der Waals surface area contributed by atoms with Crippen molar-refractivity contribution in [1.29, 1.82) is 5.26 Å². The van der Waals surface area contributed by atoms with Gasteiger partial charge in [-0.1, -0.05) is 51.5 Å². The minimum Gasteiger partial charge on any atom is -0.423 e. The van der Waals surface area contributed by atoms with E-state index in [1.165, 1.54) is 62.8 Å². The number of benzene rings is 2. The predicted molar refractivity (Wildman–Crippen MR) is 111 cm³/mol. The molecule has 0 N–H and O–H groups in total. The van der Waals surface area contributed by atoms with Crippen LogP contribution in [0.25, 0.3) is 0 Å². The minimum atomic E-state index is -0.891. The van der Waals surface area contributed by atoms with Gasteiger partial charge in [-0.05, 0) is 54.5 Å². The third kappa shape index (κ3) is 5.66. The Bertz CT molecular complexity index is 927. The average molecular weight is 411 g/mol. The highest BCUT2D eigenvalue weighted by molar-refractivity contribution is 5.91. The molecule has 0 aromatic heterocycles. The summed E-state index contributed by atoms with van der Waals surface area (Å²) in [5, 5.41) is 8.74. The first-order valence-corrected chi connectivity index (χ1v) is 10.7. The average Bonchev–Trinajstić information content (AvgIpc) is 2.73. The highest BCUT2D eigenvalue weighted by Gasteiger charge is 2.21. The van der Waals surface area contributed by atoms with Gasteiger partial charge in [-0.2, -0.15) is 5.26 Å². The Morgan fingerprint density at radius 1 is 1.03 bits per heavy atom. The summed E-state index contributed by atoms with van der Waals surface area (Å²) in [6.07, 6.45) is 9.50. The van der Waals surface area contributed by atoms with Crippen molar-refractivity contribution in [3.05, 3.63) is 64.7 Å². The van der Waals surface area contributed by atoms with Crippen molar-refractivity contribution in [2.45, 2.75) is 58.3 Å². The summed E-state index contributed by atoms with van der Waals surface area (Å²) in [5.41, 5.74) is 0.525. The number of carbonyl (C=O) groups is 1. The smallest absolute Gasteiger partial charge is 0.346 e. The van der Waals surface area contributed by atoms with Crippen molar-refractivity contribution in [2.24, 2.45) is 11.8 Å². The van der Waals surface area contributed by atoms with Gasteiger partial charge < -0.3 is 4.74 Å². The van der Waals surface area contributed by atoms with E-state index in [2.05, 4.69) is 6.92 Å². The first kappa shape index (κ1) is 22.0. The normalized spacial score (nSPS) is 18.6. The molecule has 30 heavy (non-hydrogen) atoms. The molecule has 0 radical (unpaired) electrons. The Kier molecular flexibility index (Phi) is 7.57. The summed E-state index contributed by atoms with van der Waals surface area (Å²) in [5.74, 6) is -0.827. The number of hydrogen-bond acceptors (Lipinski definition) is 3. The van der Waals surface area contributed by atoms with Crippen LogP contribution in [0.2, 0.25) is 0 Å². The van der Waals surface area contributed by atoms with Gasteiger partial charge in [0.05, 0.1) is 11.1 Å². The van der Waals surface area contributed by atoms with Crippen molar-refractivity contribution in [2.75, 3.05) is 0 Å². The van der Waals surface area contributed by atoms with Crippen LogP contribution >= 0.6 is 0 Å². The van der Waals surface area contributed by atoms with Crippen molar-refractivity contribution < 1.29 is 18.3 Å². The molecule has 0 bridgehead atoms. The Morgan fingerprint density at radius 3 is 2.33 bits per heavy atom. The van der Waals surface area contributed by atoms with E-state index in [0.717, 1.165) is 30.4 Å². The molecule has 1 aliphatic rings. The third-order valence-corrected chi connectivity index (χ3v) is 6.03. The van der Waals surface area contributed by atoms with E-state index < -0.39 is 17.6 Å². The highest BCUT2D eigenvalue weighted by atomic mass is 19.1. The molecule has 1 saturated carbocycles. The summed E-state index contributed by atoms with van der Waals surface area (Å²) >= 11 is 0. The van der Waals surface area contributed by atoms with E-state index in [9.17, 15) is 13.6 Å². The number of carbonyl (C=O) groups excluding carboxylic acids is 1. The Morgan fingerprint density at radius 2 is 1.73 bits per heavy atom. The Labute approximate surface area is 176 Å². The molecule has 1 aliphatic carbocycles. The second-order valence-corrected chi connectivity index (χ2v) is 8.17. The van der Waals surface area contributed by atoms with Gasteiger partial charge in [0, 0.05) is 6.07 Å². The third-order valence-electron chi connectivity index (χ3n) is 6.03. The first-order valence-electron chi connectivity index (χ1n) is 10.7. The summed E-state index contributed by atoms with van der Waals surface area (Å²) in [6, 6.07) is 9.72. The van der Waals surface area contributed by atoms with Crippen LogP contribution in [0, 0.1) is 34.8 Å². The predicted octanol–water partition coefficient (Wildman–Crippen LogP) is 6.59. The second-order valence-electron chi connectivity index (χ2n) is 8.17. The maximum absolute atomic E-state index is 14.5. The van der Waals surface area contributed by atoms with Crippen molar-refractivity contribution in [3.63, 3.8) is 0 Å². The van der Waals surface area contributed by atoms with Crippen LogP contribution in [-0.2, 0) is 6.42 Å². The lowest BCUT2D eigenvalue weighted by atomic mass is 9.78. The van der Waals surface area contributed by atoms with Crippen LogP contribution in [-0.4, -0.2) is 5.97 Å². The molecule has 3 nitrogen and oxygen atoms in total. The number of hydrogen-bond donors (Lipinski definition) is 0. The molecular weight excluding hydrogens is 384 g/mol. The quantitative estimate of drug-likeness (QED) is 0.381. The van der Waals surface area contributed by atoms with Crippen molar-refractivity contribution in [3.8, 4) is 11.8 Å². The van der Waals surface area contributed by atoms with Crippen LogP contribution in [0.15, 0.2) is 36.4 Å². The number of ether oxygens (including phenoxy) is 1. The maximum Gasteiger partial charge on any atom is 0.346 e. The summed E-state index contributed by atoms with van der Waals surface area (Å²) in [7, 11) is 0. The fraction of sp³-hybridized carbons (Fsp3) is 0.440. The van der Waals surface area contributed by atoms with E-state index in [1.54, 1.807) is 12.1 Å². The zero-order valence-electron chi connectivity index (χ0n) is 17.3. The molecule has 2 aromatic carbocycles. The minimum absolute atomic E-state index is 0.0707. The zero-order chi connectivity index (χ0) is 21.5. The fourth-order valence-corrected chi connectivity index (χ4v) is 4.28. The van der Waals surface area contributed by atoms with E-state index in [-0.39, 0.29) is 16.9 Å². The molecule has 0 saturated heterocycles. The second kappa shape index (κ2) is 10.3. The van der Waals surface area contributed by atoms with E-state index in [0.29, 0.717) is 5.92 Å². The summed E-state index contributed by atoms with van der Waals surface area (Å²) in [4.78, 5) is 12.3. The molecule has 0 aliphatic heterocycles. The standard InChI is InChI=1S/C25H27F2NO2/c1-2-3-17-4-6-18(7-5-17)8-9-19-10-13-22(24(27)14-19)25(29)30-21-12-11-20(16-28)23(26)15-21/h10-15,17-18H,2-9H2,1H3/t17-,18-. The van der Waals surface area contributed by atoms with Gasteiger partial charge in [0.2, 0.25) is 0 Å². The molecule has 158 valence electrons. The number of esters is 1. The maximum atomic E-state index is 14.5. The lowest BCUT2D eigenvalue weighted by molar-refractivity contribution is 0.0729. The van der Waals surface area contributed by atoms with Gasteiger partial charge in [0.1, 0.15) is 23.5 Å². The van der Waals surface area contributed by atoms with Crippen LogP contribution in [0.1, 0.15) is 73.4 Å². The largest absolute Gasteiger partial charge is 0.423 e. The van der Waals surface area contributed by atoms with E-state index >= 15 is 0 Å². The van der Waals surface area contributed by atoms with Crippen LogP contribution < -0.4 is 4.74 Å². The molecule has 1 fully saturated rings. The topological polar surface area (TPSA) is 50.1 Å². The van der Waals surface area contributed by atoms with Gasteiger partial charge in [-0.15, -0.1) is 0 Å². The van der Waals surface area contributed by atoms with Gasteiger partial charge in [-0.3, -0.25) is 0 Å². The zero-order valence-corrected chi connectivity index (χ0v) is 17.3. The van der Waals surface area contributed by atoms with E-state index in [1.807, 2.05) is 0 Å². The molecule has 0 atom stereocenters. The highest BCUT2D eigenvalue weighted by Crippen LogP contribution is 2.34. The summed E-state index contributed by atoms with van der Waals surface area (Å²) in [6.45, 7) is 2.24. The van der Waals surface area contributed by atoms with E-state index in [4.69, 9.17) is 10.00 Å². The van der Waals surface area contributed by atoms with Crippen molar-refractivity contribution >= 4 is 5.97 Å². The summed E-state index contributed by atoms with van der Waals surface area (Å²) < 4.78 is 33.2. The molecule has 0 spiro atoms. The first-order chi connectivity index (χ1) is 14.5. The van der Waals surface area contributed by atoms with Crippen LogP contribution in [0.3, 0.4) is 0 Å². The number of nitrogens with zero attached hydrogens (tertiary/aromatic N) is 1. The lowest BCUT2D eigenvalue weighted by Crippen LogP contribution is -2.15. The number of aryl methyl sites for hydroxylation is 1. The molecule has 0 unspecified atom stereocenters. The Hall–Kier alpha value is -2.74. The lowest BCUT2D eigenvalue weighted by Gasteiger charge is -2.28. The number of rotatable bonds is 7. The molecular formula is C25H27F2NO2. The number of halogens is 2. The monoisotopic (exact) mass is 411 g/mol. The van der Waals surface area contributed by atoms with Crippen LogP contribution in [0.4, 0.5) is 8.78 Å². The number of nitriles is 1. The molecule has 2 aromatic rings. The molecule has 3 rings (SSSR count). The van der Waals surface area contributed by atoms with Crippen LogP contribution in [0.5, 0.6) is 5.75 Å². The van der Waals surface area contributed by atoms with Gasteiger partial charge in [0.25, 0.3) is 0 Å². The molecule has 0 heterocycles. The fourth-order valence-electron chi connectivity index (χ4n) is 4.28. The van der Waals surface area contributed by atoms with Gasteiger partial charge >= 0.3 is 5.97 Å².